The highest BCUT2D eigenvalue weighted by Crippen LogP contribution is 2.27. The number of nitrogens with two attached hydrogens (primary N) is 1. The molecule has 5 nitrogen and oxygen atoms in total. The lowest BCUT2D eigenvalue weighted by molar-refractivity contribution is 0.185. The molecule has 0 aliphatic rings. The fourth-order valence-electron chi connectivity index (χ4n) is 1.84. The molecular formula is C14H15BrN2O3S. The Morgan fingerprint density at radius 1 is 1.24 bits per heavy atom. The molecule has 0 amide bonds. The largest absolute Gasteiger partial charge is 0.399 e. The van der Waals surface area contributed by atoms with E-state index in [4.69, 9.17) is 10.5 Å². The number of halogens is 1. The van der Waals surface area contributed by atoms with Crippen LogP contribution in [0.25, 0.3) is 0 Å². The van der Waals surface area contributed by atoms with Gasteiger partial charge in [0, 0.05) is 22.8 Å². The predicted molar refractivity (Wildman–Crippen MR) is 86.5 cm³/mol. The first kappa shape index (κ1) is 15.8. The van der Waals surface area contributed by atoms with Gasteiger partial charge in [-0.1, -0.05) is 18.2 Å². The van der Waals surface area contributed by atoms with Crippen molar-refractivity contribution < 1.29 is 13.2 Å². The fourth-order valence-corrected chi connectivity index (χ4v) is 4.03. The van der Waals surface area contributed by atoms with Crippen LogP contribution in [-0.2, 0) is 21.4 Å². The molecule has 0 bridgehead atoms. The molecule has 3 N–H and O–H groups in total. The number of hydrogen-bond donors (Lipinski definition) is 2. The van der Waals surface area contributed by atoms with Crippen LogP contribution in [0.3, 0.4) is 0 Å². The van der Waals surface area contributed by atoms with Crippen LogP contribution in [0.4, 0.5) is 11.4 Å². The van der Waals surface area contributed by atoms with E-state index >= 15 is 0 Å². The van der Waals surface area contributed by atoms with E-state index < -0.39 is 10.0 Å². The van der Waals surface area contributed by atoms with E-state index in [1.54, 1.807) is 37.4 Å². The highest BCUT2D eigenvalue weighted by Gasteiger charge is 2.19. The van der Waals surface area contributed by atoms with Crippen molar-refractivity contribution in [2.75, 3.05) is 17.6 Å². The molecule has 0 spiro atoms. The predicted octanol–water partition coefficient (Wildman–Crippen LogP) is 2.98. The molecule has 2 aromatic carbocycles. The van der Waals surface area contributed by atoms with Gasteiger partial charge in [0.1, 0.15) is 4.90 Å². The molecule has 0 saturated heterocycles. The van der Waals surface area contributed by atoms with Crippen molar-refractivity contribution in [1.82, 2.24) is 0 Å². The van der Waals surface area contributed by atoms with Crippen LogP contribution in [0.2, 0.25) is 0 Å². The number of rotatable bonds is 5. The summed E-state index contributed by atoms with van der Waals surface area (Å²) in [4.78, 5) is 0.129. The van der Waals surface area contributed by atoms with E-state index in [0.29, 0.717) is 22.5 Å². The summed E-state index contributed by atoms with van der Waals surface area (Å²) in [7, 11) is -2.15. The second-order valence-corrected chi connectivity index (χ2v) is 6.89. The van der Waals surface area contributed by atoms with E-state index in [0.717, 1.165) is 5.56 Å². The molecule has 0 aliphatic carbocycles. The zero-order valence-electron chi connectivity index (χ0n) is 11.3. The first-order valence-electron chi connectivity index (χ1n) is 6.09. The minimum atomic E-state index is -3.71. The SMILES string of the molecule is COCc1ccccc1NS(=O)(=O)c1ccc(N)cc1Br. The van der Waals surface area contributed by atoms with Crippen LogP contribution in [0, 0.1) is 0 Å². The smallest absolute Gasteiger partial charge is 0.263 e. The van der Waals surface area contributed by atoms with E-state index in [2.05, 4.69) is 20.7 Å². The zero-order chi connectivity index (χ0) is 15.5. The second kappa shape index (κ2) is 6.46. The number of nitrogen functional groups attached to an aromatic ring is 1. The minimum absolute atomic E-state index is 0.129. The van der Waals surface area contributed by atoms with Crippen molar-refractivity contribution in [3.8, 4) is 0 Å². The van der Waals surface area contributed by atoms with Crippen LogP contribution < -0.4 is 10.5 Å². The van der Waals surface area contributed by atoms with Crippen molar-refractivity contribution in [2.45, 2.75) is 11.5 Å². The molecule has 21 heavy (non-hydrogen) atoms. The van der Waals surface area contributed by atoms with Gasteiger partial charge in [-0.05, 0) is 40.2 Å². The Morgan fingerprint density at radius 2 is 1.95 bits per heavy atom. The summed E-state index contributed by atoms with van der Waals surface area (Å²) in [5, 5.41) is 0. The van der Waals surface area contributed by atoms with Gasteiger partial charge in [-0.3, -0.25) is 4.72 Å². The summed E-state index contributed by atoms with van der Waals surface area (Å²) < 4.78 is 33.0. The Balaban J connectivity index is 2.38. The van der Waals surface area contributed by atoms with Crippen molar-refractivity contribution in [3.05, 3.63) is 52.5 Å². The molecule has 0 atom stereocenters. The molecule has 2 aromatic rings. The number of sulfonamides is 1. The molecule has 0 unspecified atom stereocenters. The monoisotopic (exact) mass is 370 g/mol. The van der Waals surface area contributed by atoms with Crippen molar-refractivity contribution in [2.24, 2.45) is 0 Å². The highest BCUT2D eigenvalue weighted by atomic mass is 79.9. The average Bonchev–Trinajstić information content (AvgIpc) is 2.40. The molecule has 112 valence electrons. The summed E-state index contributed by atoms with van der Waals surface area (Å²) in [5.41, 5.74) is 7.36. The Labute approximate surface area is 132 Å². The van der Waals surface area contributed by atoms with Crippen LogP contribution in [-0.4, -0.2) is 15.5 Å². The molecule has 0 heterocycles. The van der Waals surface area contributed by atoms with E-state index in [-0.39, 0.29) is 4.90 Å². The molecule has 0 aromatic heterocycles. The standard InChI is InChI=1S/C14H15BrN2O3S/c1-20-9-10-4-2-3-5-13(10)17-21(18,19)14-7-6-11(16)8-12(14)15/h2-8,17H,9,16H2,1H3. The van der Waals surface area contributed by atoms with Gasteiger partial charge in [-0.2, -0.15) is 0 Å². The topological polar surface area (TPSA) is 81.4 Å². The van der Waals surface area contributed by atoms with Gasteiger partial charge in [0.2, 0.25) is 0 Å². The number of methoxy groups -OCH3 is 1. The van der Waals surface area contributed by atoms with Gasteiger partial charge in [-0.15, -0.1) is 0 Å². The maximum Gasteiger partial charge on any atom is 0.263 e. The van der Waals surface area contributed by atoms with Crippen LogP contribution in [0.5, 0.6) is 0 Å². The summed E-state index contributed by atoms with van der Waals surface area (Å²) >= 11 is 3.22. The summed E-state index contributed by atoms with van der Waals surface area (Å²) in [6.07, 6.45) is 0. The number of hydrogen-bond acceptors (Lipinski definition) is 4. The third kappa shape index (κ3) is 3.75. The van der Waals surface area contributed by atoms with Gasteiger partial charge >= 0.3 is 0 Å². The van der Waals surface area contributed by atoms with E-state index in [9.17, 15) is 8.42 Å². The molecule has 2 rings (SSSR count). The van der Waals surface area contributed by atoms with E-state index in [1.165, 1.54) is 6.07 Å². The highest BCUT2D eigenvalue weighted by molar-refractivity contribution is 9.10. The van der Waals surface area contributed by atoms with Gasteiger partial charge in [0.05, 0.1) is 12.3 Å². The van der Waals surface area contributed by atoms with E-state index in [1.807, 2.05) is 6.07 Å². The maximum atomic E-state index is 12.5. The fraction of sp³-hybridized carbons (Fsp3) is 0.143. The second-order valence-electron chi connectivity index (χ2n) is 4.39. The first-order valence-corrected chi connectivity index (χ1v) is 8.36. The maximum absolute atomic E-state index is 12.5. The van der Waals surface area contributed by atoms with Crippen molar-refractivity contribution >= 4 is 37.3 Å². The Hall–Kier alpha value is -1.57. The third-order valence-electron chi connectivity index (χ3n) is 2.81. The third-order valence-corrected chi connectivity index (χ3v) is 5.15. The van der Waals surface area contributed by atoms with Gasteiger partial charge < -0.3 is 10.5 Å². The lowest BCUT2D eigenvalue weighted by atomic mass is 10.2. The van der Waals surface area contributed by atoms with Crippen molar-refractivity contribution in [1.29, 1.82) is 0 Å². The summed E-state index contributed by atoms with van der Waals surface area (Å²) in [6, 6.07) is 11.6. The van der Waals surface area contributed by atoms with Gasteiger partial charge in [0.15, 0.2) is 0 Å². The minimum Gasteiger partial charge on any atom is -0.399 e. The number of anilines is 2. The lowest BCUT2D eigenvalue weighted by Crippen LogP contribution is -2.15. The normalized spacial score (nSPS) is 11.3. The molecule has 0 fully saturated rings. The number of benzene rings is 2. The lowest BCUT2D eigenvalue weighted by Gasteiger charge is -2.13. The quantitative estimate of drug-likeness (QED) is 0.792. The first-order chi connectivity index (χ1) is 9.94. The number of ether oxygens (including phenoxy) is 1. The molecule has 0 aliphatic heterocycles. The number of nitrogens with one attached hydrogen (secondary N) is 1. The van der Waals surface area contributed by atoms with Gasteiger partial charge in [0.25, 0.3) is 10.0 Å². The molecule has 0 saturated carbocycles. The zero-order valence-corrected chi connectivity index (χ0v) is 13.7. The molecule has 0 radical (unpaired) electrons. The van der Waals surface area contributed by atoms with Crippen LogP contribution in [0.15, 0.2) is 51.8 Å². The van der Waals surface area contributed by atoms with Crippen molar-refractivity contribution in [3.63, 3.8) is 0 Å². The Morgan fingerprint density at radius 3 is 2.62 bits per heavy atom. The van der Waals surface area contributed by atoms with Crippen LogP contribution in [0.1, 0.15) is 5.56 Å². The summed E-state index contributed by atoms with van der Waals surface area (Å²) in [6.45, 7) is 0.321. The van der Waals surface area contributed by atoms with Gasteiger partial charge in [-0.25, -0.2) is 8.42 Å². The molecule has 7 heteroatoms. The average molecular weight is 371 g/mol. The Kier molecular flexibility index (Phi) is 4.87. The number of para-hydroxylation sites is 1. The van der Waals surface area contributed by atoms with Crippen LogP contribution >= 0.6 is 15.9 Å². The molecular weight excluding hydrogens is 356 g/mol. The summed E-state index contributed by atoms with van der Waals surface area (Å²) in [5.74, 6) is 0. The Bertz CT molecular complexity index is 748.